The topological polar surface area (TPSA) is 54.9 Å². The summed E-state index contributed by atoms with van der Waals surface area (Å²) in [5.74, 6) is 0. The molecule has 0 aromatic carbocycles. The molecule has 0 radical (unpaired) electrons. The molecule has 0 aliphatic rings. The molecule has 0 aliphatic carbocycles. The van der Waals surface area contributed by atoms with Crippen LogP contribution in [-0.4, -0.2) is 18.9 Å². The first-order valence-electron chi connectivity index (χ1n) is 5.83. The van der Waals surface area contributed by atoms with Crippen LogP contribution in [0, 0.1) is 6.92 Å². The first kappa shape index (κ1) is 14.3. The molecule has 0 aliphatic heterocycles. The molecule has 2 atom stereocenters. The average molecular weight is 255 g/mol. The van der Waals surface area contributed by atoms with Gasteiger partial charge >= 0.3 is 0 Å². The minimum Gasteiger partial charge on any atom is -0.258 e. The molecule has 0 fully saturated rings. The molecule has 5 heteroatoms. The summed E-state index contributed by atoms with van der Waals surface area (Å²) in [5, 5.41) is 0. The molecule has 1 heterocycles. The van der Waals surface area contributed by atoms with E-state index in [-0.39, 0.29) is 10.8 Å². The van der Waals surface area contributed by atoms with Gasteiger partial charge in [0, 0.05) is 6.20 Å². The number of hydrogen-bond acceptors (Lipinski definition) is 3. The lowest BCUT2D eigenvalue weighted by atomic mass is 10.1. The third kappa shape index (κ3) is 3.85. The molecule has 0 amide bonds. The second kappa shape index (κ2) is 5.69. The number of hydrogen-bond donors (Lipinski definition) is 1. The van der Waals surface area contributed by atoms with Crippen LogP contribution in [0.2, 0.25) is 0 Å². The minimum atomic E-state index is -1.08. The van der Waals surface area contributed by atoms with Gasteiger partial charge in [0.1, 0.15) is 0 Å². The van der Waals surface area contributed by atoms with E-state index in [0.717, 1.165) is 17.8 Å². The monoisotopic (exact) mass is 255 g/mol. The van der Waals surface area contributed by atoms with Crippen molar-refractivity contribution >= 4 is 11.0 Å². The summed E-state index contributed by atoms with van der Waals surface area (Å²) in [6.07, 6.45) is 4.31. The molecule has 96 valence electrons. The lowest BCUT2D eigenvalue weighted by Crippen LogP contribution is -2.37. The van der Waals surface area contributed by atoms with Crippen molar-refractivity contribution in [2.45, 2.75) is 51.8 Å². The van der Waals surface area contributed by atoms with E-state index in [1.54, 1.807) is 12.4 Å². The van der Waals surface area contributed by atoms with Gasteiger partial charge < -0.3 is 0 Å². The van der Waals surface area contributed by atoms with E-state index in [4.69, 9.17) is 0 Å². The SMILES string of the molecule is CCC(C)(C)[S@](=O)N[C@H](C)c1cnc(C)cn1. The van der Waals surface area contributed by atoms with Gasteiger partial charge in [-0.2, -0.15) is 0 Å². The zero-order valence-electron chi connectivity index (χ0n) is 11.2. The van der Waals surface area contributed by atoms with Gasteiger partial charge in [0.15, 0.2) is 0 Å². The molecule has 1 rings (SSSR count). The maximum Gasteiger partial charge on any atom is 0.0979 e. The first-order valence-corrected chi connectivity index (χ1v) is 6.98. The van der Waals surface area contributed by atoms with Crippen molar-refractivity contribution in [2.75, 3.05) is 0 Å². The van der Waals surface area contributed by atoms with Crippen molar-refractivity contribution in [2.24, 2.45) is 0 Å². The maximum atomic E-state index is 12.1. The van der Waals surface area contributed by atoms with Crippen molar-refractivity contribution in [3.63, 3.8) is 0 Å². The molecule has 0 saturated carbocycles. The molecule has 0 bridgehead atoms. The van der Waals surface area contributed by atoms with Crippen LogP contribution in [0.4, 0.5) is 0 Å². The summed E-state index contributed by atoms with van der Waals surface area (Å²) in [6.45, 7) is 9.86. The maximum absolute atomic E-state index is 12.1. The van der Waals surface area contributed by atoms with E-state index < -0.39 is 11.0 Å². The number of nitrogens with one attached hydrogen (secondary N) is 1. The lowest BCUT2D eigenvalue weighted by molar-refractivity contribution is 0.583. The van der Waals surface area contributed by atoms with E-state index in [2.05, 4.69) is 14.7 Å². The van der Waals surface area contributed by atoms with Gasteiger partial charge in [0.25, 0.3) is 0 Å². The number of rotatable bonds is 5. The third-order valence-corrected chi connectivity index (χ3v) is 4.74. The van der Waals surface area contributed by atoms with Gasteiger partial charge in [-0.15, -0.1) is 0 Å². The van der Waals surface area contributed by atoms with Crippen molar-refractivity contribution in [3.8, 4) is 0 Å². The highest BCUT2D eigenvalue weighted by atomic mass is 32.2. The van der Waals surface area contributed by atoms with Crippen LogP contribution in [0.3, 0.4) is 0 Å². The summed E-state index contributed by atoms with van der Waals surface area (Å²) in [7, 11) is -1.08. The fraction of sp³-hybridized carbons (Fsp3) is 0.667. The highest BCUT2D eigenvalue weighted by Gasteiger charge is 2.25. The van der Waals surface area contributed by atoms with E-state index in [9.17, 15) is 4.21 Å². The van der Waals surface area contributed by atoms with Gasteiger partial charge in [-0.05, 0) is 34.1 Å². The quantitative estimate of drug-likeness (QED) is 0.878. The fourth-order valence-corrected chi connectivity index (χ4v) is 2.16. The summed E-state index contributed by atoms with van der Waals surface area (Å²) < 4.78 is 14.9. The summed E-state index contributed by atoms with van der Waals surface area (Å²) in [5.41, 5.74) is 1.70. The zero-order valence-corrected chi connectivity index (χ0v) is 12.0. The minimum absolute atomic E-state index is 0.0604. The standard InChI is InChI=1S/C12H21N3OS/c1-6-12(4,5)17(16)15-10(3)11-8-13-9(2)7-14-11/h7-8,10,15H,6H2,1-5H3/t10-,17+/m1/s1. The molecule has 0 saturated heterocycles. The van der Waals surface area contributed by atoms with E-state index >= 15 is 0 Å². The van der Waals surface area contributed by atoms with Crippen molar-refractivity contribution in [1.29, 1.82) is 0 Å². The smallest absolute Gasteiger partial charge is 0.0979 e. The molecule has 17 heavy (non-hydrogen) atoms. The predicted molar refractivity (Wildman–Crippen MR) is 70.8 cm³/mol. The predicted octanol–water partition coefficient (Wildman–Crippen LogP) is 2.29. The number of nitrogens with zero attached hydrogens (tertiary/aromatic N) is 2. The van der Waals surface area contributed by atoms with Gasteiger partial charge in [-0.3, -0.25) is 9.97 Å². The Balaban J connectivity index is 2.70. The Morgan fingerprint density at radius 3 is 2.53 bits per heavy atom. The molecule has 0 unspecified atom stereocenters. The molecule has 1 aromatic heterocycles. The van der Waals surface area contributed by atoms with Crippen molar-refractivity contribution in [3.05, 3.63) is 23.8 Å². The van der Waals surface area contributed by atoms with E-state index in [0.29, 0.717) is 0 Å². The lowest BCUT2D eigenvalue weighted by Gasteiger charge is -2.24. The van der Waals surface area contributed by atoms with Gasteiger partial charge in [-0.25, -0.2) is 8.93 Å². The van der Waals surface area contributed by atoms with Gasteiger partial charge in [0.2, 0.25) is 0 Å². The molecular formula is C12H21N3OS. The number of aromatic nitrogens is 2. The van der Waals surface area contributed by atoms with Crippen molar-refractivity contribution in [1.82, 2.24) is 14.7 Å². The third-order valence-electron chi connectivity index (χ3n) is 2.88. The zero-order chi connectivity index (χ0) is 13.1. The molecule has 0 spiro atoms. The van der Waals surface area contributed by atoms with Gasteiger partial charge in [0.05, 0.1) is 39.4 Å². The van der Waals surface area contributed by atoms with Crippen LogP contribution in [0.1, 0.15) is 51.5 Å². The van der Waals surface area contributed by atoms with Crippen LogP contribution in [0.5, 0.6) is 0 Å². The summed E-state index contributed by atoms with van der Waals surface area (Å²) in [6, 6.07) is -0.0604. The van der Waals surface area contributed by atoms with E-state index in [1.165, 1.54) is 0 Å². The second-order valence-corrected chi connectivity index (χ2v) is 6.68. The fourth-order valence-electron chi connectivity index (χ4n) is 1.14. The molecule has 1 N–H and O–H groups in total. The van der Waals surface area contributed by atoms with E-state index in [1.807, 2.05) is 34.6 Å². The Kier molecular flexibility index (Phi) is 4.77. The first-order chi connectivity index (χ1) is 7.86. The Labute approximate surface area is 106 Å². The second-order valence-electron chi connectivity index (χ2n) is 4.80. The highest BCUT2D eigenvalue weighted by Crippen LogP contribution is 2.18. The normalized spacial score (nSPS) is 15.6. The van der Waals surface area contributed by atoms with Crippen LogP contribution in [-0.2, 0) is 11.0 Å². The highest BCUT2D eigenvalue weighted by molar-refractivity contribution is 7.84. The van der Waals surface area contributed by atoms with Crippen LogP contribution in [0.25, 0.3) is 0 Å². The number of aryl methyl sites for hydroxylation is 1. The average Bonchev–Trinajstić information content (AvgIpc) is 2.29. The van der Waals surface area contributed by atoms with Crippen LogP contribution < -0.4 is 4.72 Å². The van der Waals surface area contributed by atoms with Crippen LogP contribution >= 0.6 is 0 Å². The molecule has 1 aromatic rings. The molecular weight excluding hydrogens is 234 g/mol. The van der Waals surface area contributed by atoms with Gasteiger partial charge in [-0.1, -0.05) is 6.92 Å². The Morgan fingerprint density at radius 1 is 1.41 bits per heavy atom. The summed E-state index contributed by atoms with van der Waals surface area (Å²) in [4.78, 5) is 8.47. The van der Waals surface area contributed by atoms with Crippen LogP contribution in [0.15, 0.2) is 12.4 Å². The Bertz CT molecular complexity index is 389. The largest absolute Gasteiger partial charge is 0.258 e. The molecule has 4 nitrogen and oxygen atoms in total. The summed E-state index contributed by atoms with van der Waals surface area (Å²) >= 11 is 0. The Hall–Kier alpha value is -0.810. The Morgan fingerprint density at radius 2 is 2.06 bits per heavy atom. The van der Waals surface area contributed by atoms with Crippen molar-refractivity contribution < 1.29 is 4.21 Å².